The van der Waals surface area contributed by atoms with Gasteiger partial charge in [-0.3, -0.25) is 4.68 Å². The number of hydrogen-bond acceptors (Lipinski definition) is 2. The molecule has 0 aliphatic heterocycles. The summed E-state index contributed by atoms with van der Waals surface area (Å²) in [6.07, 6.45) is 3.29. The molecule has 0 unspecified atom stereocenters. The summed E-state index contributed by atoms with van der Waals surface area (Å²) in [6, 6.07) is 2.22. The van der Waals surface area contributed by atoms with E-state index in [4.69, 9.17) is 0 Å². The van der Waals surface area contributed by atoms with Gasteiger partial charge in [-0.2, -0.15) is 5.10 Å². The zero-order valence-electron chi connectivity index (χ0n) is 11.3. The standard InChI is InChI=1S/C13H25N3/c1-6-11-10-12(16(5)15-11)8-7-9-14-13(2,3)4/h10,14H,6-9H2,1-5H3. The lowest BCUT2D eigenvalue weighted by molar-refractivity contribution is 0.421. The normalized spacial score (nSPS) is 12.1. The molecule has 0 fully saturated rings. The molecule has 3 heteroatoms. The van der Waals surface area contributed by atoms with E-state index in [1.807, 2.05) is 11.7 Å². The zero-order chi connectivity index (χ0) is 12.2. The Bertz CT molecular complexity index is 320. The fraction of sp³-hybridized carbons (Fsp3) is 0.769. The molecule has 1 heterocycles. The zero-order valence-corrected chi connectivity index (χ0v) is 11.3. The molecule has 1 aromatic heterocycles. The van der Waals surface area contributed by atoms with Crippen molar-refractivity contribution >= 4 is 0 Å². The first-order chi connectivity index (χ1) is 7.42. The lowest BCUT2D eigenvalue weighted by atomic mass is 10.1. The number of aromatic nitrogens is 2. The van der Waals surface area contributed by atoms with Crippen LogP contribution in [0, 0.1) is 0 Å². The van der Waals surface area contributed by atoms with Gasteiger partial charge in [-0.05, 0) is 52.6 Å². The molecule has 0 bridgehead atoms. The van der Waals surface area contributed by atoms with Gasteiger partial charge < -0.3 is 5.32 Å². The predicted octanol–water partition coefficient (Wildman–Crippen LogP) is 2.30. The van der Waals surface area contributed by atoms with Gasteiger partial charge in [0.05, 0.1) is 5.69 Å². The number of aryl methyl sites for hydroxylation is 3. The number of rotatable bonds is 5. The summed E-state index contributed by atoms with van der Waals surface area (Å²) in [4.78, 5) is 0. The third-order valence-electron chi connectivity index (χ3n) is 2.65. The van der Waals surface area contributed by atoms with E-state index in [9.17, 15) is 0 Å². The molecular weight excluding hydrogens is 198 g/mol. The van der Waals surface area contributed by atoms with Crippen LogP contribution < -0.4 is 5.32 Å². The summed E-state index contributed by atoms with van der Waals surface area (Å²) in [7, 11) is 2.03. The highest BCUT2D eigenvalue weighted by molar-refractivity contribution is 5.10. The van der Waals surface area contributed by atoms with E-state index in [2.05, 4.69) is 44.2 Å². The van der Waals surface area contributed by atoms with Crippen LogP contribution in [0.25, 0.3) is 0 Å². The second-order valence-corrected chi connectivity index (χ2v) is 5.38. The quantitative estimate of drug-likeness (QED) is 0.776. The van der Waals surface area contributed by atoms with E-state index < -0.39 is 0 Å². The SMILES string of the molecule is CCc1cc(CCCNC(C)(C)C)n(C)n1. The Kier molecular flexibility index (Phi) is 4.54. The van der Waals surface area contributed by atoms with Crippen molar-refractivity contribution < 1.29 is 0 Å². The average Bonchev–Trinajstić information content (AvgIpc) is 2.53. The summed E-state index contributed by atoms with van der Waals surface area (Å²) in [5.41, 5.74) is 2.76. The van der Waals surface area contributed by atoms with Gasteiger partial charge in [-0.15, -0.1) is 0 Å². The molecule has 1 rings (SSSR count). The molecule has 16 heavy (non-hydrogen) atoms. The average molecular weight is 223 g/mol. The van der Waals surface area contributed by atoms with Crippen LogP contribution in [0.4, 0.5) is 0 Å². The molecule has 0 aliphatic carbocycles. The molecule has 1 aromatic rings. The topological polar surface area (TPSA) is 29.9 Å². The van der Waals surface area contributed by atoms with Gasteiger partial charge in [0.1, 0.15) is 0 Å². The van der Waals surface area contributed by atoms with Crippen LogP contribution in [0.5, 0.6) is 0 Å². The van der Waals surface area contributed by atoms with Crippen molar-refractivity contribution in [3.8, 4) is 0 Å². The minimum atomic E-state index is 0.223. The lowest BCUT2D eigenvalue weighted by Crippen LogP contribution is -2.36. The highest BCUT2D eigenvalue weighted by Crippen LogP contribution is 2.07. The molecular formula is C13H25N3. The molecule has 0 amide bonds. The first-order valence-corrected chi connectivity index (χ1v) is 6.19. The minimum Gasteiger partial charge on any atom is -0.312 e. The van der Waals surface area contributed by atoms with Crippen LogP contribution in [-0.2, 0) is 19.9 Å². The number of hydrogen-bond donors (Lipinski definition) is 1. The third-order valence-corrected chi connectivity index (χ3v) is 2.65. The molecule has 0 saturated heterocycles. The Hall–Kier alpha value is -0.830. The largest absolute Gasteiger partial charge is 0.312 e. The lowest BCUT2D eigenvalue weighted by Gasteiger charge is -2.20. The van der Waals surface area contributed by atoms with Crippen LogP contribution >= 0.6 is 0 Å². The molecule has 1 N–H and O–H groups in total. The number of nitrogens with one attached hydrogen (secondary N) is 1. The molecule has 0 aromatic carbocycles. The fourth-order valence-corrected chi connectivity index (χ4v) is 1.71. The Balaban J connectivity index is 2.34. The molecule has 0 saturated carbocycles. The third kappa shape index (κ3) is 4.35. The summed E-state index contributed by atoms with van der Waals surface area (Å²) < 4.78 is 2.01. The van der Waals surface area contributed by atoms with Gasteiger partial charge >= 0.3 is 0 Å². The van der Waals surface area contributed by atoms with E-state index in [0.29, 0.717) is 0 Å². The highest BCUT2D eigenvalue weighted by atomic mass is 15.3. The van der Waals surface area contributed by atoms with Gasteiger partial charge in [0.25, 0.3) is 0 Å². The maximum Gasteiger partial charge on any atom is 0.0624 e. The van der Waals surface area contributed by atoms with E-state index in [0.717, 1.165) is 19.4 Å². The molecule has 0 spiro atoms. The van der Waals surface area contributed by atoms with Crippen molar-refractivity contribution in [1.29, 1.82) is 0 Å². The van der Waals surface area contributed by atoms with Crippen LogP contribution in [0.2, 0.25) is 0 Å². The number of nitrogens with zero attached hydrogens (tertiary/aromatic N) is 2. The monoisotopic (exact) mass is 223 g/mol. The first-order valence-electron chi connectivity index (χ1n) is 6.19. The maximum absolute atomic E-state index is 4.45. The van der Waals surface area contributed by atoms with E-state index in [1.165, 1.54) is 17.8 Å². The molecule has 0 atom stereocenters. The van der Waals surface area contributed by atoms with E-state index in [1.54, 1.807) is 0 Å². The summed E-state index contributed by atoms with van der Waals surface area (Å²) in [6.45, 7) is 9.81. The highest BCUT2D eigenvalue weighted by Gasteiger charge is 2.08. The second-order valence-electron chi connectivity index (χ2n) is 5.38. The van der Waals surface area contributed by atoms with Crippen molar-refractivity contribution in [2.24, 2.45) is 7.05 Å². The van der Waals surface area contributed by atoms with E-state index >= 15 is 0 Å². The van der Waals surface area contributed by atoms with Crippen LogP contribution in [0.1, 0.15) is 45.5 Å². The molecule has 0 radical (unpaired) electrons. The second kappa shape index (κ2) is 5.48. The summed E-state index contributed by atoms with van der Waals surface area (Å²) >= 11 is 0. The van der Waals surface area contributed by atoms with Gasteiger partial charge in [0.15, 0.2) is 0 Å². The maximum atomic E-state index is 4.45. The molecule has 92 valence electrons. The van der Waals surface area contributed by atoms with Gasteiger partial charge in [-0.1, -0.05) is 6.92 Å². The predicted molar refractivity (Wildman–Crippen MR) is 68.7 cm³/mol. The Morgan fingerprint density at radius 2 is 2.06 bits per heavy atom. The summed E-state index contributed by atoms with van der Waals surface area (Å²) in [5.74, 6) is 0. The van der Waals surface area contributed by atoms with Crippen LogP contribution in [0.15, 0.2) is 6.07 Å². The van der Waals surface area contributed by atoms with Crippen LogP contribution in [0.3, 0.4) is 0 Å². The first kappa shape index (κ1) is 13.2. The van der Waals surface area contributed by atoms with Gasteiger partial charge in [0, 0.05) is 18.3 Å². The Labute approximate surface area is 99.2 Å². The Morgan fingerprint density at radius 3 is 2.56 bits per heavy atom. The van der Waals surface area contributed by atoms with E-state index in [-0.39, 0.29) is 5.54 Å². The Morgan fingerprint density at radius 1 is 1.38 bits per heavy atom. The fourth-order valence-electron chi connectivity index (χ4n) is 1.71. The van der Waals surface area contributed by atoms with Crippen molar-refractivity contribution in [3.05, 3.63) is 17.5 Å². The van der Waals surface area contributed by atoms with Crippen LogP contribution in [-0.4, -0.2) is 21.9 Å². The van der Waals surface area contributed by atoms with Gasteiger partial charge in [-0.25, -0.2) is 0 Å². The summed E-state index contributed by atoms with van der Waals surface area (Å²) in [5, 5.41) is 7.96. The van der Waals surface area contributed by atoms with Crippen molar-refractivity contribution in [3.63, 3.8) is 0 Å². The van der Waals surface area contributed by atoms with Crippen molar-refractivity contribution in [2.75, 3.05) is 6.54 Å². The van der Waals surface area contributed by atoms with Crippen molar-refractivity contribution in [1.82, 2.24) is 15.1 Å². The smallest absolute Gasteiger partial charge is 0.0624 e. The van der Waals surface area contributed by atoms with Crippen molar-refractivity contribution in [2.45, 2.75) is 52.5 Å². The minimum absolute atomic E-state index is 0.223. The molecule has 3 nitrogen and oxygen atoms in total. The molecule has 0 aliphatic rings. The van der Waals surface area contributed by atoms with Gasteiger partial charge in [0.2, 0.25) is 0 Å².